The number of hydrogen-bond donors (Lipinski definition) is 0. The molecule has 2 aromatic heterocycles. The lowest BCUT2D eigenvalue weighted by molar-refractivity contribution is 0.532. The lowest BCUT2D eigenvalue weighted by Gasteiger charge is -1.99. The highest BCUT2D eigenvalue weighted by Gasteiger charge is 2.12. The molecule has 106 valence electrons. The van der Waals surface area contributed by atoms with Crippen molar-refractivity contribution < 1.29 is 8.81 Å². The van der Waals surface area contributed by atoms with E-state index < -0.39 is 11.4 Å². The molecule has 0 saturated heterocycles. The number of fused-ring (bicyclic) bond motifs is 1. The first kappa shape index (κ1) is 13.6. The third kappa shape index (κ3) is 2.38. The number of halogens is 1. The van der Waals surface area contributed by atoms with Gasteiger partial charge in [-0.25, -0.2) is 14.2 Å². The molecule has 21 heavy (non-hydrogen) atoms. The molecule has 3 rings (SSSR count). The van der Waals surface area contributed by atoms with Crippen molar-refractivity contribution in [1.29, 1.82) is 0 Å². The van der Waals surface area contributed by atoms with Crippen molar-refractivity contribution in [3.05, 3.63) is 53.3 Å². The van der Waals surface area contributed by atoms with Crippen molar-refractivity contribution in [2.75, 3.05) is 6.26 Å². The van der Waals surface area contributed by atoms with Gasteiger partial charge in [0.15, 0.2) is 10.9 Å². The maximum absolute atomic E-state index is 13.2. The molecule has 6 heteroatoms. The maximum Gasteiger partial charge on any atom is 0.344 e. The minimum Gasteiger partial charge on any atom is -0.421 e. The van der Waals surface area contributed by atoms with Gasteiger partial charge in [-0.05, 0) is 29.8 Å². The molecule has 0 N–H and O–H groups in total. The molecule has 0 amide bonds. The summed E-state index contributed by atoms with van der Waals surface area (Å²) in [6.45, 7) is 3.70. The molecule has 0 aliphatic heterocycles. The monoisotopic (exact) mass is 302 g/mol. The van der Waals surface area contributed by atoms with Crippen LogP contribution in [-0.2, 0) is 0 Å². The maximum atomic E-state index is 13.2. The van der Waals surface area contributed by atoms with E-state index in [4.69, 9.17) is 4.42 Å². The number of rotatable bonds is 3. The fourth-order valence-electron chi connectivity index (χ4n) is 2.06. The van der Waals surface area contributed by atoms with Crippen LogP contribution in [-0.4, -0.2) is 15.8 Å². The molecule has 0 atom stereocenters. The van der Waals surface area contributed by atoms with E-state index in [-0.39, 0.29) is 5.39 Å². The van der Waals surface area contributed by atoms with Crippen molar-refractivity contribution in [3.63, 3.8) is 0 Å². The lowest BCUT2D eigenvalue weighted by Crippen LogP contribution is -2.00. The first-order valence-electron chi connectivity index (χ1n) is 6.11. The first-order valence-corrected chi connectivity index (χ1v) is 7.34. The van der Waals surface area contributed by atoms with Crippen LogP contribution in [0.3, 0.4) is 0 Å². The number of aromatic nitrogens is 2. The van der Waals surface area contributed by atoms with Gasteiger partial charge in [-0.15, -0.1) is 0 Å². The second kappa shape index (κ2) is 5.21. The average molecular weight is 302 g/mol. The molecular weight excluding hydrogens is 291 g/mol. The SMILES string of the molecule is C=Cn1cc(-c2cc3ccc(F)cc3c(=O)o2)nc1SC. The van der Waals surface area contributed by atoms with Gasteiger partial charge in [0, 0.05) is 12.4 Å². The topological polar surface area (TPSA) is 48.0 Å². The van der Waals surface area contributed by atoms with Gasteiger partial charge in [0.05, 0.1) is 5.39 Å². The van der Waals surface area contributed by atoms with Crippen LogP contribution in [0.15, 0.2) is 51.4 Å². The van der Waals surface area contributed by atoms with Crippen LogP contribution in [0, 0.1) is 5.82 Å². The highest BCUT2D eigenvalue weighted by atomic mass is 32.2. The van der Waals surface area contributed by atoms with E-state index in [0.29, 0.717) is 16.8 Å². The van der Waals surface area contributed by atoms with Crippen LogP contribution in [0.4, 0.5) is 4.39 Å². The Morgan fingerprint density at radius 3 is 2.90 bits per heavy atom. The van der Waals surface area contributed by atoms with Crippen LogP contribution in [0.25, 0.3) is 28.4 Å². The normalized spacial score (nSPS) is 11.0. The van der Waals surface area contributed by atoms with E-state index in [1.54, 1.807) is 29.1 Å². The Bertz CT molecular complexity index is 898. The van der Waals surface area contributed by atoms with E-state index in [1.165, 1.54) is 23.9 Å². The molecule has 0 aliphatic rings. The fraction of sp³-hybridized carbons (Fsp3) is 0.0667. The van der Waals surface area contributed by atoms with E-state index in [2.05, 4.69) is 11.6 Å². The second-order valence-corrected chi connectivity index (χ2v) is 5.11. The van der Waals surface area contributed by atoms with Crippen LogP contribution in [0.1, 0.15) is 0 Å². The molecule has 0 aliphatic carbocycles. The highest BCUT2D eigenvalue weighted by Crippen LogP contribution is 2.25. The van der Waals surface area contributed by atoms with Crippen LogP contribution >= 0.6 is 11.8 Å². The summed E-state index contributed by atoms with van der Waals surface area (Å²) in [5.74, 6) is -0.127. The summed E-state index contributed by atoms with van der Waals surface area (Å²) in [7, 11) is 0. The molecule has 3 aromatic rings. The molecular formula is C15H11FN2O2S. The molecule has 0 spiro atoms. The summed E-state index contributed by atoms with van der Waals surface area (Å²) >= 11 is 1.46. The largest absolute Gasteiger partial charge is 0.421 e. The van der Waals surface area contributed by atoms with E-state index in [9.17, 15) is 9.18 Å². The molecule has 0 bridgehead atoms. The van der Waals surface area contributed by atoms with Crippen LogP contribution in [0.2, 0.25) is 0 Å². The number of benzene rings is 1. The first-order chi connectivity index (χ1) is 10.1. The van der Waals surface area contributed by atoms with Crippen molar-refractivity contribution in [3.8, 4) is 11.5 Å². The number of imidazole rings is 1. The third-order valence-corrected chi connectivity index (χ3v) is 3.72. The van der Waals surface area contributed by atoms with Gasteiger partial charge in [-0.2, -0.15) is 0 Å². The molecule has 0 saturated carbocycles. The Balaban J connectivity index is 2.21. The predicted octanol–water partition coefficient (Wildman–Crippen LogP) is 3.62. The third-order valence-electron chi connectivity index (χ3n) is 3.05. The summed E-state index contributed by atoms with van der Waals surface area (Å²) in [6.07, 6.45) is 5.24. The van der Waals surface area contributed by atoms with Gasteiger partial charge in [0.1, 0.15) is 11.5 Å². The molecule has 2 heterocycles. The highest BCUT2D eigenvalue weighted by molar-refractivity contribution is 7.98. The number of thioether (sulfide) groups is 1. The molecule has 0 fully saturated rings. The van der Waals surface area contributed by atoms with E-state index in [1.807, 2.05) is 6.26 Å². The molecule has 0 unspecified atom stereocenters. The Kier molecular flexibility index (Phi) is 3.39. The Hall–Kier alpha value is -2.34. The van der Waals surface area contributed by atoms with Crippen LogP contribution < -0.4 is 5.63 Å². The predicted molar refractivity (Wildman–Crippen MR) is 81.8 cm³/mol. The van der Waals surface area contributed by atoms with Crippen LogP contribution in [0.5, 0.6) is 0 Å². The van der Waals surface area contributed by atoms with Crippen molar-refractivity contribution >= 4 is 28.7 Å². The Morgan fingerprint density at radius 1 is 1.43 bits per heavy atom. The molecule has 1 aromatic carbocycles. The smallest absolute Gasteiger partial charge is 0.344 e. The fourth-order valence-corrected chi connectivity index (χ4v) is 2.59. The standard InChI is InChI=1S/C15H11FN2O2S/c1-3-18-8-12(17-15(18)21-2)13-6-9-4-5-10(16)7-11(9)14(19)20-13/h3-8H,1H2,2H3. The minimum absolute atomic E-state index is 0.215. The second-order valence-electron chi connectivity index (χ2n) is 4.33. The Morgan fingerprint density at radius 2 is 2.24 bits per heavy atom. The summed E-state index contributed by atoms with van der Waals surface area (Å²) in [6, 6.07) is 5.70. The minimum atomic E-state index is -0.583. The van der Waals surface area contributed by atoms with Crippen molar-refractivity contribution in [2.24, 2.45) is 0 Å². The zero-order chi connectivity index (χ0) is 15.0. The van der Waals surface area contributed by atoms with E-state index in [0.717, 1.165) is 5.16 Å². The van der Waals surface area contributed by atoms with E-state index >= 15 is 0 Å². The molecule has 0 radical (unpaired) electrons. The zero-order valence-corrected chi connectivity index (χ0v) is 12.0. The van der Waals surface area contributed by atoms with Gasteiger partial charge < -0.3 is 8.98 Å². The van der Waals surface area contributed by atoms with Gasteiger partial charge in [-0.3, -0.25) is 0 Å². The number of nitrogens with zero attached hydrogens (tertiary/aromatic N) is 2. The Labute approximate surface area is 123 Å². The zero-order valence-electron chi connectivity index (χ0n) is 11.2. The van der Waals surface area contributed by atoms with Gasteiger partial charge in [0.2, 0.25) is 0 Å². The summed E-state index contributed by atoms with van der Waals surface area (Å²) < 4.78 is 20.2. The quantitative estimate of drug-likeness (QED) is 0.693. The molecule has 4 nitrogen and oxygen atoms in total. The van der Waals surface area contributed by atoms with Gasteiger partial charge in [0.25, 0.3) is 0 Å². The average Bonchev–Trinajstić information content (AvgIpc) is 2.91. The van der Waals surface area contributed by atoms with Crippen molar-refractivity contribution in [2.45, 2.75) is 5.16 Å². The van der Waals surface area contributed by atoms with Crippen molar-refractivity contribution in [1.82, 2.24) is 9.55 Å². The van der Waals surface area contributed by atoms with Gasteiger partial charge in [-0.1, -0.05) is 24.4 Å². The lowest BCUT2D eigenvalue weighted by atomic mass is 10.1. The summed E-state index contributed by atoms with van der Waals surface area (Å²) in [4.78, 5) is 16.3. The summed E-state index contributed by atoms with van der Waals surface area (Å²) in [5, 5.41) is 1.57. The summed E-state index contributed by atoms with van der Waals surface area (Å²) in [5.41, 5.74) is -0.0524. The van der Waals surface area contributed by atoms with Gasteiger partial charge >= 0.3 is 5.63 Å². The number of hydrogen-bond acceptors (Lipinski definition) is 4.